The van der Waals surface area contributed by atoms with Crippen molar-refractivity contribution in [3.8, 4) is 0 Å². The standard InChI is InChI=1S/C34H34N2O3/c1-2-3-22-32(37)34(29-18-11-6-12-19-29)26-39-33(38)36(34)31-21-13-20-30(23-31)35(24-27-14-7-4-8-15-27)25-28-16-9-5-10-17-28/h4-21,23H,2-3,22,24-26H2,1H3. The van der Waals surface area contributed by atoms with E-state index in [4.69, 9.17) is 4.74 Å². The van der Waals surface area contributed by atoms with Crippen LogP contribution < -0.4 is 9.80 Å². The van der Waals surface area contributed by atoms with E-state index in [1.165, 1.54) is 11.1 Å². The van der Waals surface area contributed by atoms with Gasteiger partial charge in [-0.1, -0.05) is 110 Å². The summed E-state index contributed by atoms with van der Waals surface area (Å²) in [7, 11) is 0. The summed E-state index contributed by atoms with van der Waals surface area (Å²) in [6.45, 7) is 3.46. The fraction of sp³-hybridized carbons (Fsp3) is 0.235. The van der Waals surface area contributed by atoms with Crippen molar-refractivity contribution in [1.29, 1.82) is 0 Å². The molecule has 0 aromatic heterocycles. The lowest BCUT2D eigenvalue weighted by atomic mass is 9.82. The Morgan fingerprint density at radius 3 is 2.00 bits per heavy atom. The van der Waals surface area contributed by atoms with E-state index >= 15 is 0 Å². The SMILES string of the molecule is CCCCC(=O)C1(c2ccccc2)COC(=O)N1c1cccc(N(Cc2ccccc2)Cc2ccccc2)c1. The molecule has 1 heterocycles. The first-order valence-electron chi connectivity index (χ1n) is 13.6. The van der Waals surface area contributed by atoms with Gasteiger partial charge in [-0.25, -0.2) is 4.79 Å². The van der Waals surface area contributed by atoms with Crippen LogP contribution >= 0.6 is 0 Å². The minimum atomic E-state index is -1.20. The van der Waals surface area contributed by atoms with Crippen molar-refractivity contribution >= 4 is 23.3 Å². The maximum Gasteiger partial charge on any atom is 0.415 e. The van der Waals surface area contributed by atoms with Gasteiger partial charge in [0.05, 0.1) is 5.69 Å². The van der Waals surface area contributed by atoms with Gasteiger partial charge >= 0.3 is 6.09 Å². The molecule has 0 bridgehead atoms. The molecule has 1 atom stereocenters. The average molecular weight is 519 g/mol. The summed E-state index contributed by atoms with van der Waals surface area (Å²) in [6.07, 6.45) is 1.54. The number of hydrogen-bond acceptors (Lipinski definition) is 4. The van der Waals surface area contributed by atoms with Gasteiger partial charge in [-0.3, -0.25) is 9.69 Å². The molecule has 1 aliphatic rings. The van der Waals surface area contributed by atoms with E-state index in [9.17, 15) is 9.59 Å². The second kappa shape index (κ2) is 12.0. The molecule has 1 amide bonds. The molecule has 0 saturated carbocycles. The van der Waals surface area contributed by atoms with Crippen molar-refractivity contribution in [2.45, 2.75) is 44.8 Å². The number of nitrogens with zero attached hydrogens (tertiary/aromatic N) is 2. The molecule has 1 saturated heterocycles. The van der Waals surface area contributed by atoms with E-state index in [1.807, 2.05) is 84.9 Å². The van der Waals surface area contributed by atoms with E-state index in [2.05, 4.69) is 42.2 Å². The number of rotatable bonds is 11. The van der Waals surface area contributed by atoms with Crippen molar-refractivity contribution in [1.82, 2.24) is 0 Å². The fourth-order valence-electron chi connectivity index (χ4n) is 5.29. The van der Waals surface area contributed by atoms with Gasteiger partial charge < -0.3 is 9.64 Å². The highest BCUT2D eigenvalue weighted by molar-refractivity contribution is 6.05. The monoisotopic (exact) mass is 518 g/mol. The van der Waals surface area contributed by atoms with Crippen LogP contribution in [0.4, 0.5) is 16.2 Å². The molecule has 0 aliphatic carbocycles. The van der Waals surface area contributed by atoms with Crippen LogP contribution in [0.15, 0.2) is 115 Å². The van der Waals surface area contributed by atoms with Crippen molar-refractivity contribution in [2.24, 2.45) is 0 Å². The molecule has 4 aromatic carbocycles. The highest BCUT2D eigenvalue weighted by atomic mass is 16.6. The second-order valence-electron chi connectivity index (χ2n) is 9.99. The van der Waals surface area contributed by atoms with Crippen LogP contribution in [-0.4, -0.2) is 18.5 Å². The zero-order valence-electron chi connectivity index (χ0n) is 22.3. The van der Waals surface area contributed by atoms with Gasteiger partial charge in [-0.05, 0) is 41.3 Å². The molecule has 1 fully saturated rings. The van der Waals surface area contributed by atoms with Gasteiger partial charge in [-0.2, -0.15) is 0 Å². The lowest BCUT2D eigenvalue weighted by Gasteiger charge is -2.35. The van der Waals surface area contributed by atoms with Gasteiger partial charge in [0.1, 0.15) is 6.61 Å². The minimum Gasteiger partial charge on any atom is -0.446 e. The number of amides is 1. The number of ether oxygens (including phenoxy) is 1. The smallest absolute Gasteiger partial charge is 0.415 e. The third kappa shape index (κ3) is 5.58. The number of cyclic esters (lactones) is 1. The van der Waals surface area contributed by atoms with Gasteiger partial charge in [0.25, 0.3) is 0 Å². The number of benzene rings is 4. The van der Waals surface area contributed by atoms with E-state index in [1.54, 1.807) is 4.90 Å². The van der Waals surface area contributed by atoms with Gasteiger partial charge in [0.15, 0.2) is 11.3 Å². The van der Waals surface area contributed by atoms with Crippen molar-refractivity contribution < 1.29 is 14.3 Å². The molecule has 198 valence electrons. The maximum atomic E-state index is 13.9. The first-order chi connectivity index (χ1) is 19.1. The molecule has 39 heavy (non-hydrogen) atoms. The number of carbonyl (C=O) groups is 2. The van der Waals surface area contributed by atoms with E-state index in [-0.39, 0.29) is 12.4 Å². The van der Waals surface area contributed by atoms with E-state index in [0.29, 0.717) is 25.2 Å². The normalized spacial score (nSPS) is 16.6. The number of carbonyl (C=O) groups excluding carboxylic acids is 2. The summed E-state index contributed by atoms with van der Waals surface area (Å²) in [6, 6.07) is 38.1. The molecule has 4 aromatic rings. The van der Waals surface area contributed by atoms with Gasteiger partial charge in [-0.15, -0.1) is 0 Å². The van der Waals surface area contributed by atoms with Crippen LogP contribution in [0.2, 0.25) is 0 Å². The second-order valence-corrected chi connectivity index (χ2v) is 9.99. The number of hydrogen-bond donors (Lipinski definition) is 0. The van der Waals surface area contributed by atoms with Gasteiger partial charge in [0, 0.05) is 25.2 Å². The lowest BCUT2D eigenvalue weighted by Crippen LogP contribution is -2.51. The fourth-order valence-corrected chi connectivity index (χ4v) is 5.29. The van der Waals surface area contributed by atoms with Gasteiger partial charge in [0.2, 0.25) is 0 Å². The van der Waals surface area contributed by atoms with Crippen LogP contribution in [0, 0.1) is 0 Å². The predicted octanol–water partition coefficient (Wildman–Crippen LogP) is 7.50. The van der Waals surface area contributed by atoms with Crippen LogP contribution in [0.3, 0.4) is 0 Å². The molecular weight excluding hydrogens is 484 g/mol. The number of ketones is 1. The van der Waals surface area contributed by atoms with Crippen molar-refractivity contribution in [2.75, 3.05) is 16.4 Å². The molecular formula is C34H34N2O3. The van der Waals surface area contributed by atoms with Crippen LogP contribution in [0.1, 0.15) is 42.9 Å². The Morgan fingerprint density at radius 1 is 0.821 bits per heavy atom. The van der Waals surface area contributed by atoms with Crippen molar-refractivity contribution in [3.05, 3.63) is 132 Å². The highest BCUT2D eigenvalue weighted by Gasteiger charge is 2.54. The molecule has 1 unspecified atom stereocenters. The Morgan fingerprint density at radius 2 is 1.41 bits per heavy atom. The zero-order chi connectivity index (χ0) is 27.1. The highest BCUT2D eigenvalue weighted by Crippen LogP contribution is 2.41. The first kappa shape index (κ1) is 26.2. The summed E-state index contributed by atoms with van der Waals surface area (Å²) >= 11 is 0. The van der Waals surface area contributed by atoms with Crippen molar-refractivity contribution in [3.63, 3.8) is 0 Å². The number of unbranched alkanes of at least 4 members (excludes halogenated alkanes) is 1. The summed E-state index contributed by atoms with van der Waals surface area (Å²) in [5, 5.41) is 0. The quantitative estimate of drug-likeness (QED) is 0.206. The number of anilines is 2. The molecule has 0 radical (unpaired) electrons. The molecule has 0 N–H and O–H groups in total. The van der Waals surface area contributed by atoms with E-state index < -0.39 is 11.6 Å². The summed E-state index contributed by atoms with van der Waals surface area (Å²) < 4.78 is 5.64. The Kier molecular flexibility index (Phi) is 8.07. The molecule has 5 heteroatoms. The Labute approximate surface area is 230 Å². The molecule has 5 nitrogen and oxygen atoms in total. The first-order valence-corrected chi connectivity index (χ1v) is 13.6. The predicted molar refractivity (Wildman–Crippen MR) is 156 cm³/mol. The topological polar surface area (TPSA) is 49.9 Å². The minimum absolute atomic E-state index is 0.000364. The average Bonchev–Trinajstić information content (AvgIpc) is 3.35. The van der Waals surface area contributed by atoms with Crippen LogP contribution in [0.25, 0.3) is 0 Å². The Hall–Kier alpha value is -4.38. The van der Waals surface area contributed by atoms with E-state index in [0.717, 1.165) is 24.1 Å². The lowest BCUT2D eigenvalue weighted by molar-refractivity contribution is -0.124. The third-order valence-corrected chi connectivity index (χ3v) is 7.32. The summed E-state index contributed by atoms with van der Waals surface area (Å²) in [5.74, 6) is -0.00256. The molecule has 0 spiro atoms. The van der Waals surface area contributed by atoms with Crippen LogP contribution in [0.5, 0.6) is 0 Å². The Balaban J connectivity index is 1.56. The largest absolute Gasteiger partial charge is 0.446 e. The summed E-state index contributed by atoms with van der Waals surface area (Å²) in [5.41, 5.74) is 3.56. The van der Waals surface area contributed by atoms with Crippen LogP contribution in [-0.2, 0) is 28.2 Å². The molecule has 1 aliphatic heterocycles. The zero-order valence-corrected chi connectivity index (χ0v) is 22.3. The maximum absolute atomic E-state index is 13.9. The molecule has 5 rings (SSSR count). The number of Topliss-reactive ketones (excluding diaryl/α,β-unsaturated/α-hetero) is 1. The Bertz CT molecular complexity index is 1350. The summed E-state index contributed by atoms with van der Waals surface area (Å²) in [4.78, 5) is 31.1. The third-order valence-electron chi connectivity index (χ3n) is 7.32.